The number of anilines is 1. The van der Waals surface area contributed by atoms with Gasteiger partial charge in [0.1, 0.15) is 23.3 Å². The number of rotatable bonds is 8. The van der Waals surface area contributed by atoms with Crippen molar-refractivity contribution in [3.05, 3.63) is 105 Å². The maximum absolute atomic E-state index is 14.9. The standard InChI is InChI=1S/C31H25ClF3N7O4S/c1-41-26-24(9-8-21(32)25(26)28(39-41)40-47(3,44)45)42-29(23(36)12-15-10-16(33)13-17(34)11-15)37-27-20(31(42)43)14-19(30(38-27)46-2)18-6-4-5-7-22(18)35/h4-11,13-14,23H,12,36H2,1-3H3,(H,39,40)/t23-/m0/s1. The number of sulfonamides is 1. The molecule has 1 atom stereocenters. The van der Waals surface area contributed by atoms with Crippen molar-refractivity contribution in [2.75, 3.05) is 18.1 Å². The minimum atomic E-state index is -3.79. The third kappa shape index (κ3) is 6.00. The Labute approximate surface area is 270 Å². The van der Waals surface area contributed by atoms with E-state index >= 15 is 0 Å². The van der Waals surface area contributed by atoms with Crippen LogP contribution in [0.25, 0.3) is 38.8 Å². The van der Waals surface area contributed by atoms with Crippen molar-refractivity contribution in [1.29, 1.82) is 0 Å². The molecule has 16 heteroatoms. The number of nitrogens with two attached hydrogens (primary N) is 1. The zero-order valence-corrected chi connectivity index (χ0v) is 26.5. The number of fused-ring (bicyclic) bond motifs is 2. The Kier molecular flexibility index (Phi) is 8.15. The number of aryl methyl sites for hydroxylation is 1. The number of hydrogen-bond donors (Lipinski definition) is 2. The van der Waals surface area contributed by atoms with Crippen LogP contribution in [-0.4, -0.2) is 46.1 Å². The predicted molar refractivity (Wildman–Crippen MR) is 172 cm³/mol. The lowest BCUT2D eigenvalue weighted by Gasteiger charge is -2.20. The smallest absolute Gasteiger partial charge is 0.267 e. The largest absolute Gasteiger partial charge is 0.480 e. The van der Waals surface area contributed by atoms with Crippen LogP contribution in [0.2, 0.25) is 5.02 Å². The van der Waals surface area contributed by atoms with Crippen molar-refractivity contribution in [1.82, 2.24) is 24.3 Å². The fraction of sp³-hybridized carbons (Fsp3) is 0.161. The average Bonchev–Trinajstić information content (AvgIpc) is 3.31. The average molecular weight is 684 g/mol. The predicted octanol–water partition coefficient (Wildman–Crippen LogP) is 5.03. The summed E-state index contributed by atoms with van der Waals surface area (Å²) in [5.41, 5.74) is 6.71. The Bertz CT molecular complexity index is 2380. The number of ether oxygens (including phenoxy) is 1. The first-order valence-electron chi connectivity index (χ1n) is 13.9. The van der Waals surface area contributed by atoms with Gasteiger partial charge in [0, 0.05) is 24.2 Å². The second-order valence-corrected chi connectivity index (χ2v) is 12.9. The van der Waals surface area contributed by atoms with E-state index in [4.69, 9.17) is 22.1 Å². The van der Waals surface area contributed by atoms with Gasteiger partial charge in [-0.1, -0.05) is 29.8 Å². The van der Waals surface area contributed by atoms with Gasteiger partial charge in [-0.2, -0.15) is 10.1 Å². The molecule has 0 fully saturated rings. The first-order valence-corrected chi connectivity index (χ1v) is 16.1. The second kappa shape index (κ2) is 12.0. The van der Waals surface area contributed by atoms with Gasteiger partial charge in [0.2, 0.25) is 15.9 Å². The molecule has 3 aromatic heterocycles. The van der Waals surface area contributed by atoms with Crippen LogP contribution in [-0.2, 0) is 23.5 Å². The molecule has 0 saturated carbocycles. The molecule has 3 heterocycles. The lowest BCUT2D eigenvalue weighted by atomic mass is 10.0. The number of halogens is 4. The quantitative estimate of drug-likeness (QED) is 0.227. The van der Waals surface area contributed by atoms with E-state index in [1.54, 1.807) is 6.07 Å². The minimum Gasteiger partial charge on any atom is -0.480 e. The van der Waals surface area contributed by atoms with E-state index in [9.17, 15) is 26.4 Å². The Morgan fingerprint density at radius 3 is 2.38 bits per heavy atom. The topological polar surface area (TPSA) is 147 Å². The molecule has 0 saturated heterocycles. The number of methoxy groups -OCH3 is 1. The van der Waals surface area contributed by atoms with E-state index in [-0.39, 0.29) is 73.3 Å². The van der Waals surface area contributed by atoms with E-state index in [0.29, 0.717) is 0 Å². The van der Waals surface area contributed by atoms with Crippen LogP contribution in [0.5, 0.6) is 5.88 Å². The zero-order chi connectivity index (χ0) is 33.8. The van der Waals surface area contributed by atoms with Crippen LogP contribution in [0.15, 0.2) is 65.5 Å². The normalized spacial score (nSPS) is 12.5. The van der Waals surface area contributed by atoms with Gasteiger partial charge >= 0.3 is 0 Å². The molecular weight excluding hydrogens is 659 g/mol. The molecule has 6 aromatic rings. The van der Waals surface area contributed by atoms with Crippen LogP contribution in [0.3, 0.4) is 0 Å². The molecule has 0 unspecified atom stereocenters. The highest BCUT2D eigenvalue weighted by Gasteiger charge is 2.26. The molecule has 47 heavy (non-hydrogen) atoms. The fourth-order valence-electron chi connectivity index (χ4n) is 5.48. The van der Waals surface area contributed by atoms with Crippen molar-refractivity contribution >= 4 is 49.4 Å². The maximum atomic E-state index is 14.9. The molecule has 242 valence electrons. The van der Waals surface area contributed by atoms with Crippen molar-refractivity contribution in [3.63, 3.8) is 0 Å². The van der Waals surface area contributed by atoms with E-state index < -0.39 is 39.1 Å². The molecule has 0 spiro atoms. The zero-order valence-electron chi connectivity index (χ0n) is 24.9. The third-order valence-electron chi connectivity index (χ3n) is 7.36. The van der Waals surface area contributed by atoms with E-state index in [2.05, 4.69) is 19.8 Å². The van der Waals surface area contributed by atoms with Crippen LogP contribution in [0.4, 0.5) is 19.0 Å². The van der Waals surface area contributed by atoms with Crippen LogP contribution in [0, 0.1) is 17.5 Å². The second-order valence-electron chi connectivity index (χ2n) is 10.7. The highest BCUT2D eigenvalue weighted by molar-refractivity contribution is 7.92. The van der Waals surface area contributed by atoms with Gasteiger partial charge in [0.25, 0.3) is 5.56 Å². The summed E-state index contributed by atoms with van der Waals surface area (Å²) in [5.74, 6) is -2.39. The molecular formula is C31H25ClF3N7O4S. The van der Waals surface area contributed by atoms with Gasteiger partial charge in [0.15, 0.2) is 11.5 Å². The van der Waals surface area contributed by atoms with E-state index in [1.807, 2.05) is 0 Å². The summed E-state index contributed by atoms with van der Waals surface area (Å²) in [6, 6.07) is 12.0. The van der Waals surface area contributed by atoms with Crippen LogP contribution >= 0.6 is 11.6 Å². The Hall–Kier alpha value is -4.99. The molecule has 0 bridgehead atoms. The van der Waals surface area contributed by atoms with Gasteiger partial charge in [-0.15, -0.1) is 0 Å². The number of pyridine rings is 1. The molecule has 6 rings (SSSR count). The van der Waals surface area contributed by atoms with Gasteiger partial charge < -0.3 is 10.5 Å². The van der Waals surface area contributed by atoms with Gasteiger partial charge in [-0.3, -0.25) is 18.8 Å². The third-order valence-corrected chi connectivity index (χ3v) is 8.24. The van der Waals surface area contributed by atoms with E-state index in [0.717, 1.165) is 24.5 Å². The summed E-state index contributed by atoms with van der Waals surface area (Å²) >= 11 is 6.53. The highest BCUT2D eigenvalue weighted by atomic mass is 35.5. The van der Waals surface area contributed by atoms with Gasteiger partial charge in [-0.25, -0.2) is 26.6 Å². The lowest BCUT2D eigenvalue weighted by molar-refractivity contribution is 0.400. The maximum Gasteiger partial charge on any atom is 0.267 e. The molecule has 0 aliphatic rings. The van der Waals surface area contributed by atoms with Crippen LogP contribution < -0.4 is 20.8 Å². The molecule has 0 radical (unpaired) electrons. The van der Waals surface area contributed by atoms with E-state index in [1.165, 1.54) is 59.8 Å². The summed E-state index contributed by atoms with van der Waals surface area (Å²) in [4.78, 5) is 23.6. The molecule has 3 N–H and O–H groups in total. The summed E-state index contributed by atoms with van der Waals surface area (Å²) in [6.45, 7) is 0. The number of nitrogens with one attached hydrogen (secondary N) is 1. The summed E-state index contributed by atoms with van der Waals surface area (Å²) in [6.07, 6.45) is 0.796. The number of hydrogen-bond acceptors (Lipinski definition) is 8. The van der Waals surface area contributed by atoms with Crippen molar-refractivity contribution in [2.24, 2.45) is 12.8 Å². The number of nitrogens with zero attached hydrogens (tertiary/aromatic N) is 5. The van der Waals surface area contributed by atoms with Crippen molar-refractivity contribution < 1.29 is 26.3 Å². The SMILES string of the molecule is COc1nc2nc([C@@H](N)Cc3cc(F)cc(F)c3)n(-c3ccc(Cl)c4c(NS(C)(=O)=O)nn(C)c34)c(=O)c2cc1-c1ccccc1F. The minimum absolute atomic E-state index is 0.0176. The summed E-state index contributed by atoms with van der Waals surface area (Å²) < 4.78 is 77.6. The molecule has 0 aliphatic heterocycles. The van der Waals surface area contributed by atoms with Crippen molar-refractivity contribution in [3.8, 4) is 22.7 Å². The Balaban J connectivity index is 1.68. The molecule has 11 nitrogen and oxygen atoms in total. The Morgan fingerprint density at radius 2 is 1.72 bits per heavy atom. The van der Waals surface area contributed by atoms with Crippen molar-refractivity contribution in [2.45, 2.75) is 12.5 Å². The Morgan fingerprint density at radius 1 is 1.02 bits per heavy atom. The highest BCUT2D eigenvalue weighted by Crippen LogP contribution is 2.36. The molecule has 0 amide bonds. The summed E-state index contributed by atoms with van der Waals surface area (Å²) in [5, 5.41) is 4.54. The van der Waals surface area contributed by atoms with Gasteiger partial charge in [-0.05, 0) is 48.4 Å². The monoisotopic (exact) mass is 683 g/mol. The van der Waals surface area contributed by atoms with Gasteiger partial charge in [0.05, 0.1) is 46.4 Å². The molecule has 3 aromatic carbocycles. The first kappa shape index (κ1) is 32.0. The molecule has 0 aliphatic carbocycles. The fourth-order valence-corrected chi connectivity index (χ4v) is 6.22. The number of benzene rings is 3. The lowest BCUT2D eigenvalue weighted by Crippen LogP contribution is -2.30. The summed E-state index contributed by atoms with van der Waals surface area (Å²) in [7, 11) is -0.934. The number of aromatic nitrogens is 5. The first-order chi connectivity index (χ1) is 22.3. The van der Waals surface area contributed by atoms with Crippen LogP contribution in [0.1, 0.15) is 17.4 Å².